The van der Waals surface area contributed by atoms with Crippen molar-refractivity contribution in [3.63, 3.8) is 0 Å². The van der Waals surface area contributed by atoms with Gasteiger partial charge in [0.25, 0.3) is 19.7 Å². The molecule has 1 heterocycles. The van der Waals surface area contributed by atoms with E-state index in [-0.39, 0.29) is 0 Å². The van der Waals surface area contributed by atoms with E-state index in [2.05, 4.69) is 4.74 Å². The maximum absolute atomic E-state index is 12.5. The van der Waals surface area contributed by atoms with Gasteiger partial charge in [-0.05, 0) is 0 Å². The fraction of sp³-hybridized carbons (Fsp3) is 0.625. The van der Waals surface area contributed by atoms with Crippen molar-refractivity contribution in [1.29, 1.82) is 0 Å². The van der Waals surface area contributed by atoms with Gasteiger partial charge in [0.15, 0.2) is 4.58 Å². The summed E-state index contributed by atoms with van der Waals surface area (Å²) in [7, 11) is -13.7. The van der Waals surface area contributed by atoms with Crippen LogP contribution in [-0.4, -0.2) is 50.1 Å². The Labute approximate surface area is 124 Å². The fourth-order valence-corrected chi connectivity index (χ4v) is 4.84. The second-order valence-electron chi connectivity index (χ2n) is 4.12. The predicted molar refractivity (Wildman–Crippen MR) is 59.0 cm³/mol. The molecular weight excluding hydrogens is 386 g/mol. The van der Waals surface area contributed by atoms with Crippen LogP contribution in [-0.2, 0) is 29.2 Å². The van der Waals surface area contributed by atoms with Crippen molar-refractivity contribution in [3.8, 4) is 0 Å². The summed E-state index contributed by atoms with van der Waals surface area (Å²) in [6, 6.07) is 0. The van der Waals surface area contributed by atoms with E-state index >= 15 is 0 Å². The van der Waals surface area contributed by atoms with E-state index in [1.807, 2.05) is 0 Å². The lowest BCUT2D eigenvalue weighted by molar-refractivity contribution is -0.136. The van der Waals surface area contributed by atoms with Crippen LogP contribution in [0.15, 0.2) is 11.3 Å². The summed E-state index contributed by atoms with van der Waals surface area (Å²) in [5.41, 5.74) is -14.0. The van der Waals surface area contributed by atoms with E-state index in [0.717, 1.165) is 0 Å². The number of ether oxygens (including phenoxy) is 1. The Morgan fingerprint density at radius 2 is 1.39 bits per heavy atom. The Kier molecular flexibility index (Phi) is 4.70. The second-order valence-corrected chi connectivity index (χ2v) is 8.66. The highest BCUT2D eigenvalue weighted by Crippen LogP contribution is 2.39. The summed E-state index contributed by atoms with van der Waals surface area (Å²) in [5.74, 6) is -2.78. The molecule has 0 saturated heterocycles. The van der Waals surface area contributed by atoms with Crippen molar-refractivity contribution in [1.82, 2.24) is 0 Å². The molecular formula is C8H6F6O7S2. The molecule has 0 aliphatic carbocycles. The van der Waals surface area contributed by atoms with Crippen molar-refractivity contribution in [2.75, 3.05) is 6.61 Å². The second kappa shape index (κ2) is 5.54. The van der Waals surface area contributed by atoms with Gasteiger partial charge in [0.05, 0.1) is 5.57 Å². The lowest BCUT2D eigenvalue weighted by Crippen LogP contribution is -2.45. The number of hydrogen-bond donors (Lipinski definition) is 1. The van der Waals surface area contributed by atoms with Crippen LogP contribution in [0.5, 0.6) is 0 Å². The monoisotopic (exact) mass is 392 g/mol. The van der Waals surface area contributed by atoms with Crippen LogP contribution < -0.4 is 0 Å². The van der Waals surface area contributed by atoms with Crippen LogP contribution >= 0.6 is 0 Å². The first-order chi connectivity index (χ1) is 10.0. The summed E-state index contributed by atoms with van der Waals surface area (Å²) in [5, 5.41) is 9.13. The standard InChI is InChI=1S/C8H6F6O7S2/c9-7(10,11)22(17,18)5(23(19,20)8(12,13)14)1-3-4(15)2-21-6(3)16/h5,15H,1-2H2. The minimum Gasteiger partial charge on any atom is -0.508 e. The van der Waals surface area contributed by atoms with Crippen molar-refractivity contribution in [2.24, 2.45) is 0 Å². The van der Waals surface area contributed by atoms with Gasteiger partial charge in [0.2, 0.25) is 0 Å². The van der Waals surface area contributed by atoms with Crippen LogP contribution in [0.4, 0.5) is 26.3 Å². The topological polar surface area (TPSA) is 115 Å². The molecule has 0 radical (unpaired) electrons. The Hall–Kier alpha value is -1.51. The third kappa shape index (κ3) is 3.39. The lowest BCUT2D eigenvalue weighted by atomic mass is 10.2. The van der Waals surface area contributed by atoms with Crippen LogP contribution in [0.1, 0.15) is 6.42 Å². The SMILES string of the molecule is O=C1OCC(O)=C1CC(S(=O)(=O)C(F)(F)F)S(=O)(=O)C(F)(F)F. The third-order valence-electron chi connectivity index (χ3n) is 2.64. The number of cyclic esters (lactones) is 1. The number of aliphatic hydroxyl groups is 1. The molecule has 0 bridgehead atoms. The highest BCUT2D eigenvalue weighted by Gasteiger charge is 2.63. The predicted octanol–water partition coefficient (Wildman–Crippen LogP) is 0.941. The molecule has 0 amide bonds. The van der Waals surface area contributed by atoms with Gasteiger partial charge >= 0.3 is 17.0 Å². The molecule has 0 unspecified atom stereocenters. The number of halogens is 6. The highest BCUT2D eigenvalue weighted by molar-refractivity contribution is 8.09. The zero-order valence-electron chi connectivity index (χ0n) is 10.5. The maximum atomic E-state index is 12.5. The van der Waals surface area contributed by atoms with Gasteiger partial charge in [0.1, 0.15) is 12.4 Å². The van der Waals surface area contributed by atoms with Gasteiger partial charge in [-0.2, -0.15) is 26.3 Å². The molecule has 1 rings (SSSR count). The van der Waals surface area contributed by atoms with Crippen LogP contribution in [0, 0.1) is 0 Å². The summed E-state index contributed by atoms with van der Waals surface area (Å²) >= 11 is 0. The molecule has 15 heteroatoms. The molecule has 7 nitrogen and oxygen atoms in total. The Morgan fingerprint density at radius 1 is 1.00 bits per heavy atom. The minimum absolute atomic E-state index is 0.932. The van der Waals surface area contributed by atoms with Gasteiger partial charge in [-0.3, -0.25) is 0 Å². The average molecular weight is 392 g/mol. The molecule has 1 N–H and O–H groups in total. The Bertz CT molecular complexity index is 699. The van der Waals surface area contributed by atoms with Crippen LogP contribution in [0.2, 0.25) is 0 Å². The number of hydrogen-bond acceptors (Lipinski definition) is 7. The summed E-state index contributed by atoms with van der Waals surface area (Å²) in [4.78, 5) is 11.1. The van der Waals surface area contributed by atoms with Crippen molar-refractivity contribution < 1.29 is 57.8 Å². The molecule has 0 aromatic carbocycles. The largest absolute Gasteiger partial charge is 0.508 e. The number of alkyl halides is 6. The van der Waals surface area contributed by atoms with Crippen molar-refractivity contribution >= 4 is 25.6 Å². The number of sulfone groups is 2. The number of carbonyl (C=O) groups is 1. The van der Waals surface area contributed by atoms with Gasteiger partial charge in [-0.25, -0.2) is 21.6 Å². The molecule has 0 spiro atoms. The number of esters is 1. The van der Waals surface area contributed by atoms with E-state index < -0.39 is 65.6 Å². The average Bonchev–Trinajstić information content (AvgIpc) is 2.63. The van der Waals surface area contributed by atoms with Gasteiger partial charge < -0.3 is 9.84 Å². The highest BCUT2D eigenvalue weighted by atomic mass is 32.3. The molecule has 0 fully saturated rings. The molecule has 23 heavy (non-hydrogen) atoms. The van der Waals surface area contributed by atoms with Crippen molar-refractivity contribution in [2.45, 2.75) is 22.0 Å². The molecule has 1 aliphatic rings. The number of aliphatic hydroxyl groups excluding tert-OH is 1. The van der Waals surface area contributed by atoms with Crippen LogP contribution in [0.3, 0.4) is 0 Å². The molecule has 0 aromatic heterocycles. The molecule has 0 saturated carbocycles. The first kappa shape index (κ1) is 19.5. The van der Waals surface area contributed by atoms with E-state index in [4.69, 9.17) is 5.11 Å². The third-order valence-corrected chi connectivity index (χ3v) is 7.17. The maximum Gasteiger partial charge on any atom is 0.498 e. The van der Waals surface area contributed by atoms with E-state index in [1.54, 1.807) is 0 Å². The minimum atomic E-state index is -6.87. The van der Waals surface area contributed by atoms with Gasteiger partial charge in [-0.1, -0.05) is 0 Å². The zero-order chi connectivity index (χ0) is 18.4. The number of rotatable bonds is 4. The van der Waals surface area contributed by atoms with Gasteiger partial charge in [0, 0.05) is 6.42 Å². The Morgan fingerprint density at radius 3 is 1.65 bits per heavy atom. The molecule has 0 atom stereocenters. The Balaban J connectivity index is 3.54. The van der Waals surface area contributed by atoms with E-state index in [9.17, 15) is 48.0 Å². The number of carbonyl (C=O) groups excluding carboxylic acids is 1. The van der Waals surface area contributed by atoms with Crippen molar-refractivity contribution in [3.05, 3.63) is 11.3 Å². The van der Waals surface area contributed by atoms with E-state index in [0.29, 0.717) is 0 Å². The quantitative estimate of drug-likeness (QED) is 0.559. The first-order valence-corrected chi connectivity index (χ1v) is 8.31. The van der Waals surface area contributed by atoms with E-state index in [1.165, 1.54) is 0 Å². The zero-order valence-corrected chi connectivity index (χ0v) is 12.1. The smallest absolute Gasteiger partial charge is 0.498 e. The summed E-state index contributed by atoms with van der Waals surface area (Å²) < 4.78 is 119. The molecule has 134 valence electrons. The summed E-state index contributed by atoms with van der Waals surface area (Å²) in [6.07, 6.45) is -2.06. The summed E-state index contributed by atoms with van der Waals surface area (Å²) in [6.45, 7) is -0.932. The van der Waals surface area contributed by atoms with Crippen LogP contribution in [0.25, 0.3) is 0 Å². The first-order valence-electron chi connectivity index (χ1n) is 5.22. The molecule has 0 aromatic rings. The van der Waals surface area contributed by atoms with Gasteiger partial charge in [-0.15, -0.1) is 0 Å². The fourth-order valence-electron chi connectivity index (χ4n) is 1.48. The molecule has 1 aliphatic heterocycles. The lowest BCUT2D eigenvalue weighted by Gasteiger charge is -2.20. The normalized spacial score (nSPS) is 17.8.